The topological polar surface area (TPSA) is 83.8 Å². The summed E-state index contributed by atoms with van der Waals surface area (Å²) in [4.78, 5) is 12.8. The average Bonchev–Trinajstić information content (AvgIpc) is 3.17. The fourth-order valence-electron chi connectivity index (χ4n) is 4.07. The van der Waals surface area contributed by atoms with E-state index in [1.54, 1.807) is 24.3 Å². The Morgan fingerprint density at radius 2 is 1.69 bits per heavy atom. The lowest BCUT2D eigenvalue weighted by molar-refractivity contribution is -0.119. The Balaban J connectivity index is 1.56. The second kappa shape index (κ2) is 11.6. The van der Waals surface area contributed by atoms with Gasteiger partial charge < -0.3 is 4.57 Å². The second-order valence-corrected chi connectivity index (χ2v) is 11.5. The maximum absolute atomic E-state index is 14.7. The van der Waals surface area contributed by atoms with Crippen LogP contribution in [0.2, 0.25) is 10.0 Å². The fourth-order valence-corrected chi connectivity index (χ4v) is 5.79. The van der Waals surface area contributed by atoms with E-state index in [1.165, 1.54) is 36.5 Å². The summed E-state index contributed by atoms with van der Waals surface area (Å²) < 4.78 is 44.2. The number of aromatic nitrogens is 1. The monoisotopic (exact) mass is 586 g/mol. The maximum atomic E-state index is 14.7. The number of rotatable bonds is 8. The number of hydrogen-bond acceptors (Lipinski definition) is 4. The van der Waals surface area contributed by atoms with E-state index in [0.29, 0.717) is 10.0 Å². The number of aryl methyl sites for hydroxylation is 2. The molecule has 0 spiro atoms. The number of benzene rings is 3. The Hall–Kier alpha value is -3.66. The molecule has 0 aliphatic rings. The highest BCUT2D eigenvalue weighted by atomic mass is 35.5. The highest BCUT2D eigenvalue weighted by Crippen LogP contribution is 2.28. The molecule has 39 heavy (non-hydrogen) atoms. The molecule has 0 aliphatic heterocycles. The van der Waals surface area contributed by atoms with E-state index in [-0.39, 0.29) is 10.6 Å². The van der Waals surface area contributed by atoms with Gasteiger partial charge in [-0.15, -0.1) is 0 Å². The van der Waals surface area contributed by atoms with E-state index in [0.717, 1.165) is 38.6 Å². The smallest absolute Gasteiger partial charge is 0.264 e. The number of nitrogens with zero attached hydrogens (tertiary/aromatic N) is 3. The predicted molar refractivity (Wildman–Crippen MR) is 153 cm³/mol. The summed E-state index contributed by atoms with van der Waals surface area (Å²) in [6, 6.07) is 18.6. The fraction of sp³-hybridized carbons (Fsp3) is 0.143. The van der Waals surface area contributed by atoms with Gasteiger partial charge in [0.15, 0.2) is 0 Å². The van der Waals surface area contributed by atoms with E-state index < -0.39 is 28.3 Å². The molecule has 4 aromatic rings. The standard InChI is InChI=1S/C28H25Cl2FN4O3S/c1-18-8-11-23(12-9-18)39(37,38)34(27-7-5-4-6-26(27)31)17-28(36)33-32-16-21-14-19(2)35(20(21)3)22-10-13-24(29)25(30)15-22/h4-16H,17H2,1-3H3,(H,33,36)/b32-16-. The van der Waals surface area contributed by atoms with Gasteiger partial charge in [0, 0.05) is 22.6 Å². The van der Waals surface area contributed by atoms with Gasteiger partial charge >= 0.3 is 0 Å². The molecule has 0 aliphatic carbocycles. The van der Waals surface area contributed by atoms with Crippen LogP contribution < -0.4 is 9.73 Å². The Morgan fingerprint density at radius 3 is 2.36 bits per heavy atom. The van der Waals surface area contributed by atoms with Crippen LogP contribution in [-0.2, 0) is 14.8 Å². The lowest BCUT2D eigenvalue weighted by atomic mass is 10.2. The lowest BCUT2D eigenvalue weighted by Gasteiger charge is -2.24. The molecule has 1 heterocycles. The summed E-state index contributed by atoms with van der Waals surface area (Å²) in [6.07, 6.45) is 1.45. The van der Waals surface area contributed by atoms with Gasteiger partial charge in [0.05, 0.1) is 26.8 Å². The first kappa shape index (κ1) is 28.4. The zero-order valence-electron chi connectivity index (χ0n) is 21.3. The molecule has 202 valence electrons. The third-order valence-electron chi connectivity index (χ3n) is 6.04. The van der Waals surface area contributed by atoms with Gasteiger partial charge in [-0.25, -0.2) is 18.2 Å². The SMILES string of the molecule is Cc1ccc(S(=O)(=O)N(CC(=O)N/N=C\c2cc(C)n(-c3ccc(Cl)c(Cl)c3)c2C)c2ccccc2F)cc1. The van der Waals surface area contributed by atoms with Gasteiger partial charge in [-0.1, -0.05) is 53.0 Å². The van der Waals surface area contributed by atoms with Gasteiger partial charge in [0.25, 0.3) is 15.9 Å². The number of para-hydroxylation sites is 1. The molecule has 1 aromatic heterocycles. The van der Waals surface area contributed by atoms with Gasteiger partial charge in [0.1, 0.15) is 12.4 Å². The number of carbonyl (C=O) groups excluding carboxylic acids is 1. The number of nitrogens with one attached hydrogen (secondary N) is 1. The third kappa shape index (κ3) is 6.16. The highest BCUT2D eigenvalue weighted by Gasteiger charge is 2.29. The van der Waals surface area contributed by atoms with Crippen molar-refractivity contribution in [2.24, 2.45) is 5.10 Å². The van der Waals surface area contributed by atoms with E-state index in [1.807, 2.05) is 37.5 Å². The van der Waals surface area contributed by atoms with Gasteiger partial charge in [0.2, 0.25) is 0 Å². The number of sulfonamides is 1. The molecule has 0 saturated carbocycles. The quantitative estimate of drug-likeness (QED) is 0.197. The molecule has 1 N–H and O–H groups in total. The zero-order chi connectivity index (χ0) is 28.3. The van der Waals surface area contributed by atoms with Gasteiger partial charge in [-0.05, 0) is 69.3 Å². The van der Waals surface area contributed by atoms with Crippen LogP contribution >= 0.6 is 23.2 Å². The molecule has 0 radical (unpaired) electrons. The normalized spacial score (nSPS) is 11.6. The average molecular weight is 588 g/mol. The molecule has 3 aromatic carbocycles. The second-order valence-electron chi connectivity index (χ2n) is 8.83. The van der Waals surface area contributed by atoms with Crippen molar-refractivity contribution in [3.05, 3.63) is 111 Å². The first-order valence-corrected chi connectivity index (χ1v) is 14.0. The number of hydrogen-bond donors (Lipinski definition) is 1. The molecular formula is C28H25Cl2FN4O3S. The third-order valence-corrected chi connectivity index (χ3v) is 8.55. The molecule has 1 amide bonds. The molecule has 4 rings (SSSR count). The van der Waals surface area contributed by atoms with Crippen molar-refractivity contribution in [3.8, 4) is 5.69 Å². The maximum Gasteiger partial charge on any atom is 0.264 e. The van der Waals surface area contributed by atoms with Crippen LogP contribution in [0.1, 0.15) is 22.5 Å². The van der Waals surface area contributed by atoms with Crippen LogP contribution in [0.5, 0.6) is 0 Å². The van der Waals surface area contributed by atoms with Gasteiger partial charge in [-0.3, -0.25) is 9.10 Å². The van der Waals surface area contributed by atoms with Crippen molar-refractivity contribution in [1.29, 1.82) is 0 Å². The van der Waals surface area contributed by atoms with E-state index >= 15 is 0 Å². The summed E-state index contributed by atoms with van der Waals surface area (Å²) in [5.41, 5.74) is 6.22. The Bertz CT molecular complexity index is 1670. The van der Waals surface area contributed by atoms with E-state index in [4.69, 9.17) is 23.2 Å². The van der Waals surface area contributed by atoms with Crippen LogP contribution in [0.15, 0.2) is 82.8 Å². The minimum absolute atomic E-state index is 0.0672. The molecule has 0 atom stereocenters. The van der Waals surface area contributed by atoms with Gasteiger partial charge in [-0.2, -0.15) is 5.10 Å². The van der Waals surface area contributed by atoms with Crippen LogP contribution in [0.3, 0.4) is 0 Å². The first-order valence-electron chi connectivity index (χ1n) is 11.8. The largest absolute Gasteiger partial charge is 0.318 e. The highest BCUT2D eigenvalue weighted by molar-refractivity contribution is 7.92. The van der Waals surface area contributed by atoms with E-state index in [9.17, 15) is 17.6 Å². The molecule has 7 nitrogen and oxygen atoms in total. The number of amides is 1. The molecule has 11 heteroatoms. The number of anilines is 1. The first-order chi connectivity index (χ1) is 18.5. The van der Waals surface area contributed by atoms with Crippen LogP contribution in [0.4, 0.5) is 10.1 Å². The molecule has 0 fully saturated rings. The summed E-state index contributed by atoms with van der Waals surface area (Å²) in [5, 5.41) is 4.88. The Labute approximate surface area is 236 Å². The number of halogens is 3. The number of hydrazone groups is 1. The predicted octanol–water partition coefficient (Wildman–Crippen LogP) is 6.19. The van der Waals surface area contributed by atoms with Crippen molar-refractivity contribution in [2.45, 2.75) is 25.7 Å². The minimum Gasteiger partial charge on any atom is -0.318 e. The molecule has 0 bridgehead atoms. The summed E-state index contributed by atoms with van der Waals surface area (Å²) in [6.45, 7) is 4.93. The molecule has 0 saturated heterocycles. The number of carbonyl (C=O) groups is 1. The zero-order valence-corrected chi connectivity index (χ0v) is 23.6. The van der Waals surface area contributed by atoms with Crippen molar-refractivity contribution in [3.63, 3.8) is 0 Å². The van der Waals surface area contributed by atoms with Crippen LogP contribution in [0, 0.1) is 26.6 Å². The lowest BCUT2D eigenvalue weighted by Crippen LogP contribution is -2.40. The van der Waals surface area contributed by atoms with Crippen molar-refractivity contribution in [2.75, 3.05) is 10.8 Å². The van der Waals surface area contributed by atoms with E-state index in [2.05, 4.69) is 10.5 Å². The van der Waals surface area contributed by atoms with Crippen LogP contribution in [-0.4, -0.2) is 31.7 Å². The minimum atomic E-state index is -4.25. The van der Waals surface area contributed by atoms with Crippen molar-refractivity contribution in [1.82, 2.24) is 9.99 Å². The van der Waals surface area contributed by atoms with Crippen molar-refractivity contribution < 1.29 is 17.6 Å². The Morgan fingerprint density at radius 1 is 1.00 bits per heavy atom. The Kier molecular flexibility index (Phi) is 8.44. The molecular weight excluding hydrogens is 562 g/mol. The summed E-state index contributed by atoms with van der Waals surface area (Å²) in [5.74, 6) is -1.53. The summed E-state index contributed by atoms with van der Waals surface area (Å²) in [7, 11) is -4.25. The summed E-state index contributed by atoms with van der Waals surface area (Å²) >= 11 is 12.2. The molecule has 0 unspecified atom stereocenters. The van der Waals surface area contributed by atoms with Crippen molar-refractivity contribution >= 4 is 51.0 Å². The van der Waals surface area contributed by atoms with Crippen LogP contribution in [0.25, 0.3) is 5.69 Å².